The van der Waals surface area contributed by atoms with E-state index in [0.717, 1.165) is 34.9 Å². The van der Waals surface area contributed by atoms with E-state index in [1.807, 2.05) is 51.1 Å². The number of rotatable bonds is 6. The van der Waals surface area contributed by atoms with Crippen molar-refractivity contribution in [1.82, 2.24) is 0 Å². The van der Waals surface area contributed by atoms with Crippen LogP contribution in [0.5, 0.6) is 0 Å². The van der Waals surface area contributed by atoms with Gasteiger partial charge in [-0.1, -0.05) is 53.2 Å². The molecule has 5 nitrogen and oxygen atoms in total. The van der Waals surface area contributed by atoms with Gasteiger partial charge in [0.2, 0.25) is 0 Å². The third kappa shape index (κ3) is 6.94. The average molecular weight is 522 g/mol. The van der Waals surface area contributed by atoms with Crippen LogP contribution in [0.1, 0.15) is 39.2 Å². The van der Waals surface area contributed by atoms with Gasteiger partial charge in [0, 0.05) is 29.0 Å². The van der Waals surface area contributed by atoms with E-state index in [-0.39, 0.29) is 11.9 Å². The molecule has 2 aromatic carbocycles. The van der Waals surface area contributed by atoms with Crippen molar-refractivity contribution in [3.8, 4) is 0 Å². The number of hydrogen-bond acceptors (Lipinski definition) is 6. The van der Waals surface area contributed by atoms with Crippen molar-refractivity contribution in [2.75, 3.05) is 25.1 Å². The minimum Gasteiger partial charge on any atom is -0.466 e. The maximum Gasteiger partial charge on any atom is 0.330 e. The molecule has 0 spiro atoms. The Morgan fingerprint density at radius 3 is 2.53 bits per heavy atom. The fourth-order valence-electron chi connectivity index (χ4n) is 3.68. The second-order valence-electron chi connectivity index (χ2n) is 9.03. The Balaban J connectivity index is 1.81. The lowest BCUT2D eigenvalue weighted by Crippen LogP contribution is -2.41. The van der Waals surface area contributed by atoms with Crippen LogP contribution in [0.3, 0.4) is 0 Å². The average Bonchev–Trinajstić information content (AvgIpc) is 2.80. The van der Waals surface area contributed by atoms with Gasteiger partial charge in [-0.2, -0.15) is 0 Å². The quantitative estimate of drug-likeness (QED) is 0.304. The molecule has 8 heteroatoms. The molecule has 34 heavy (non-hydrogen) atoms. The summed E-state index contributed by atoms with van der Waals surface area (Å²) in [7, 11) is 1.32. The number of esters is 2. The Kier molecular flexibility index (Phi) is 8.96. The van der Waals surface area contributed by atoms with E-state index in [9.17, 15) is 9.59 Å². The van der Waals surface area contributed by atoms with Crippen molar-refractivity contribution in [2.24, 2.45) is 5.92 Å². The summed E-state index contributed by atoms with van der Waals surface area (Å²) in [4.78, 5) is 28.1. The van der Waals surface area contributed by atoms with E-state index in [1.54, 1.807) is 6.08 Å². The molecule has 1 fully saturated rings. The summed E-state index contributed by atoms with van der Waals surface area (Å²) in [6, 6.07) is 11.8. The number of halogens is 2. The third-order valence-corrected chi connectivity index (χ3v) is 7.40. The molecule has 1 aliphatic heterocycles. The number of ether oxygens (including phenoxy) is 2. The number of carbonyl (C=O) groups excluding carboxylic acids is 2. The van der Waals surface area contributed by atoms with Crippen molar-refractivity contribution < 1.29 is 19.1 Å². The Morgan fingerprint density at radius 1 is 1.09 bits per heavy atom. The molecule has 1 aliphatic rings. The molecule has 1 unspecified atom stereocenters. The maximum absolute atomic E-state index is 12.7. The minimum atomic E-state index is -0.499. The number of anilines is 1. The first-order chi connectivity index (χ1) is 16.1. The SMILES string of the molecule is COC(=O)/C=C/c1ccc(Sc2ccccc2N2CCCC(C(=O)OC(C)(C)C)C2)c(Cl)c1Cl. The van der Waals surface area contributed by atoms with Crippen LogP contribution in [0.15, 0.2) is 52.3 Å². The summed E-state index contributed by atoms with van der Waals surface area (Å²) in [5, 5.41) is 0.783. The topological polar surface area (TPSA) is 55.8 Å². The summed E-state index contributed by atoms with van der Waals surface area (Å²) in [6.07, 6.45) is 4.61. The maximum atomic E-state index is 12.7. The van der Waals surface area contributed by atoms with Crippen LogP contribution >= 0.6 is 35.0 Å². The normalized spacial score (nSPS) is 16.5. The highest BCUT2D eigenvalue weighted by molar-refractivity contribution is 7.99. The molecule has 2 aromatic rings. The van der Waals surface area contributed by atoms with Crippen molar-refractivity contribution in [2.45, 2.75) is 49.0 Å². The summed E-state index contributed by atoms with van der Waals surface area (Å²) in [6.45, 7) is 7.15. The largest absolute Gasteiger partial charge is 0.466 e. The van der Waals surface area contributed by atoms with Gasteiger partial charge < -0.3 is 14.4 Å². The zero-order valence-electron chi connectivity index (χ0n) is 19.8. The molecular formula is C26H29Cl2NO4S. The van der Waals surface area contributed by atoms with Crippen LogP contribution in [-0.2, 0) is 19.1 Å². The van der Waals surface area contributed by atoms with Crippen molar-refractivity contribution in [3.05, 3.63) is 58.1 Å². The summed E-state index contributed by atoms with van der Waals surface area (Å²) >= 11 is 14.6. The number of para-hydroxylation sites is 1. The predicted octanol–water partition coefficient (Wildman–Crippen LogP) is 6.89. The van der Waals surface area contributed by atoms with Gasteiger partial charge in [0.25, 0.3) is 0 Å². The molecule has 1 atom stereocenters. The van der Waals surface area contributed by atoms with E-state index < -0.39 is 11.6 Å². The van der Waals surface area contributed by atoms with E-state index in [4.69, 9.17) is 27.9 Å². The molecule has 182 valence electrons. The second-order valence-corrected chi connectivity index (χ2v) is 10.9. The fraction of sp³-hybridized carbons (Fsp3) is 0.385. The predicted molar refractivity (Wildman–Crippen MR) is 139 cm³/mol. The van der Waals surface area contributed by atoms with Gasteiger partial charge in [0.05, 0.1) is 28.8 Å². The van der Waals surface area contributed by atoms with Crippen LogP contribution in [-0.4, -0.2) is 37.7 Å². The van der Waals surface area contributed by atoms with E-state index in [0.29, 0.717) is 22.2 Å². The molecular weight excluding hydrogens is 493 g/mol. The first-order valence-corrected chi connectivity index (χ1v) is 12.6. The number of nitrogens with zero attached hydrogens (tertiary/aromatic N) is 1. The van der Waals surface area contributed by atoms with Crippen molar-refractivity contribution in [3.63, 3.8) is 0 Å². The lowest BCUT2D eigenvalue weighted by Gasteiger charge is -2.35. The number of piperidine rings is 1. The van der Waals surface area contributed by atoms with Crippen LogP contribution in [0.4, 0.5) is 5.69 Å². The first-order valence-electron chi connectivity index (χ1n) is 11.1. The molecule has 0 N–H and O–H groups in total. The number of carbonyl (C=O) groups is 2. The smallest absolute Gasteiger partial charge is 0.330 e. The van der Waals surface area contributed by atoms with Crippen molar-refractivity contribution in [1.29, 1.82) is 0 Å². The summed E-state index contributed by atoms with van der Waals surface area (Å²) in [5.74, 6) is -0.775. The Labute approximate surface area is 215 Å². The third-order valence-electron chi connectivity index (χ3n) is 5.26. The van der Waals surface area contributed by atoms with Gasteiger partial charge in [-0.3, -0.25) is 4.79 Å². The Morgan fingerprint density at radius 2 is 1.82 bits per heavy atom. The Bertz CT molecular complexity index is 1080. The highest BCUT2D eigenvalue weighted by Crippen LogP contribution is 2.43. The molecule has 1 heterocycles. The van der Waals surface area contributed by atoms with Gasteiger partial charge in [0.15, 0.2) is 0 Å². The first kappa shape index (κ1) is 26.5. The standard InChI is InChI=1S/C26H29Cl2NO4S/c1-26(2,3)33-25(31)18-8-7-15-29(16-18)19-9-5-6-10-20(19)34-21-13-11-17(23(27)24(21)28)12-14-22(30)32-4/h5-6,9-14,18H,7-8,15-16H2,1-4H3/b14-12+. The van der Waals surface area contributed by atoms with Gasteiger partial charge in [0.1, 0.15) is 5.60 Å². The molecule has 0 aliphatic carbocycles. The molecule has 0 amide bonds. The van der Waals surface area contributed by atoms with Crippen LogP contribution in [0.25, 0.3) is 6.08 Å². The molecule has 0 saturated carbocycles. The highest BCUT2D eigenvalue weighted by Gasteiger charge is 2.30. The van der Waals surface area contributed by atoms with Crippen LogP contribution in [0.2, 0.25) is 10.0 Å². The van der Waals surface area contributed by atoms with Crippen LogP contribution in [0, 0.1) is 5.92 Å². The number of hydrogen-bond donors (Lipinski definition) is 0. The molecule has 0 radical (unpaired) electrons. The highest BCUT2D eigenvalue weighted by atomic mass is 35.5. The van der Waals surface area contributed by atoms with Gasteiger partial charge >= 0.3 is 11.9 Å². The molecule has 0 aromatic heterocycles. The Hall–Kier alpha value is -2.15. The van der Waals surface area contributed by atoms with E-state index in [2.05, 4.69) is 15.7 Å². The number of benzene rings is 2. The minimum absolute atomic E-state index is 0.146. The molecule has 1 saturated heterocycles. The molecule has 0 bridgehead atoms. The van der Waals surface area contributed by atoms with Gasteiger partial charge in [-0.25, -0.2) is 4.79 Å². The molecule has 3 rings (SSSR count). The lowest BCUT2D eigenvalue weighted by molar-refractivity contribution is -0.160. The fourth-order valence-corrected chi connectivity index (χ4v) is 5.26. The van der Waals surface area contributed by atoms with Crippen molar-refractivity contribution >= 4 is 58.7 Å². The second kappa shape index (κ2) is 11.5. The zero-order chi connectivity index (χ0) is 24.9. The summed E-state index contributed by atoms with van der Waals surface area (Å²) < 4.78 is 10.3. The van der Waals surface area contributed by atoms with Gasteiger partial charge in [-0.15, -0.1) is 0 Å². The number of methoxy groups -OCH3 is 1. The van der Waals surface area contributed by atoms with Gasteiger partial charge in [-0.05, 0) is 63.5 Å². The van der Waals surface area contributed by atoms with E-state index in [1.165, 1.54) is 24.9 Å². The lowest BCUT2D eigenvalue weighted by atomic mass is 9.97. The van der Waals surface area contributed by atoms with Crippen LogP contribution < -0.4 is 4.90 Å². The zero-order valence-corrected chi connectivity index (χ0v) is 22.1. The summed E-state index contributed by atoms with van der Waals surface area (Å²) in [5.41, 5.74) is 1.18. The monoisotopic (exact) mass is 521 g/mol. The van der Waals surface area contributed by atoms with E-state index >= 15 is 0 Å².